The van der Waals surface area contributed by atoms with E-state index in [0.29, 0.717) is 0 Å². The van der Waals surface area contributed by atoms with E-state index in [1.807, 2.05) is 0 Å². The van der Waals surface area contributed by atoms with Crippen molar-refractivity contribution in [1.82, 2.24) is 0 Å². The lowest BCUT2D eigenvalue weighted by Gasteiger charge is -2.15. The first-order valence-electron chi connectivity index (χ1n) is 5.64. The van der Waals surface area contributed by atoms with Crippen LogP contribution >= 0.6 is 11.6 Å². The van der Waals surface area contributed by atoms with E-state index in [1.165, 1.54) is 0 Å². The Morgan fingerprint density at radius 1 is 1.00 bits per heavy atom. The molecule has 0 aliphatic heterocycles. The molecule has 0 saturated carbocycles. The predicted molar refractivity (Wildman–Crippen MR) is 64.4 cm³/mol. The zero-order valence-electron chi connectivity index (χ0n) is 9.43. The molecule has 2 nitrogen and oxygen atoms in total. The Labute approximate surface area is 94.8 Å². The molecule has 0 fully saturated rings. The number of hydrogen-bond acceptors (Lipinski definition) is 2. The van der Waals surface area contributed by atoms with Crippen molar-refractivity contribution in [2.75, 3.05) is 19.1 Å². The minimum atomic E-state index is -1.36. The summed E-state index contributed by atoms with van der Waals surface area (Å²) in [5.74, 6) is 0.753. The van der Waals surface area contributed by atoms with Crippen LogP contribution in [0.4, 0.5) is 0 Å². The highest BCUT2D eigenvalue weighted by atomic mass is 35.5. The van der Waals surface area contributed by atoms with Crippen LogP contribution < -0.4 is 0 Å². The molecule has 0 bridgehead atoms. The molecule has 0 unspecified atom stereocenters. The summed E-state index contributed by atoms with van der Waals surface area (Å²) in [6.07, 6.45) is 4.38. The van der Waals surface area contributed by atoms with Gasteiger partial charge in [0.05, 0.1) is 0 Å². The molecule has 0 N–H and O–H groups in total. The van der Waals surface area contributed by atoms with Gasteiger partial charge < -0.3 is 8.85 Å². The lowest BCUT2D eigenvalue weighted by Crippen LogP contribution is -2.23. The van der Waals surface area contributed by atoms with Crippen LogP contribution in [0.1, 0.15) is 39.5 Å². The van der Waals surface area contributed by atoms with E-state index in [0.717, 1.165) is 50.8 Å². The molecule has 0 atom stereocenters. The van der Waals surface area contributed by atoms with Crippen LogP contribution in [0.15, 0.2) is 0 Å². The lowest BCUT2D eigenvalue weighted by atomic mass is 10.4. The van der Waals surface area contributed by atoms with Gasteiger partial charge in [-0.25, -0.2) is 0 Å². The van der Waals surface area contributed by atoms with Gasteiger partial charge in [-0.2, -0.15) is 0 Å². The maximum atomic E-state index is 5.71. The van der Waals surface area contributed by atoms with E-state index < -0.39 is 9.28 Å². The number of unbranched alkanes of at least 4 members (excludes halogenated alkanes) is 1. The van der Waals surface area contributed by atoms with Crippen molar-refractivity contribution in [2.24, 2.45) is 0 Å². The first-order valence-corrected chi connectivity index (χ1v) is 7.93. The van der Waals surface area contributed by atoms with Gasteiger partial charge in [0.15, 0.2) is 0 Å². The monoisotopic (exact) mass is 238 g/mol. The van der Waals surface area contributed by atoms with Gasteiger partial charge >= 0.3 is 9.28 Å². The fourth-order valence-electron chi connectivity index (χ4n) is 1.12. The largest absolute Gasteiger partial charge is 0.397 e. The number of halogens is 1. The molecule has 0 aromatic rings. The Morgan fingerprint density at radius 2 is 1.57 bits per heavy atom. The van der Waals surface area contributed by atoms with Crippen molar-refractivity contribution >= 4 is 20.9 Å². The predicted octanol–water partition coefficient (Wildman–Crippen LogP) is 3.08. The second-order valence-corrected chi connectivity index (χ2v) is 5.84. The molecule has 0 radical (unpaired) electrons. The van der Waals surface area contributed by atoms with Crippen molar-refractivity contribution in [3.63, 3.8) is 0 Å². The third-order valence-electron chi connectivity index (χ3n) is 1.84. The molecule has 0 aromatic heterocycles. The van der Waals surface area contributed by atoms with Crippen LogP contribution in [0.5, 0.6) is 0 Å². The van der Waals surface area contributed by atoms with Gasteiger partial charge in [0.2, 0.25) is 0 Å². The maximum absolute atomic E-state index is 5.71. The van der Waals surface area contributed by atoms with Gasteiger partial charge in [-0.15, -0.1) is 11.6 Å². The zero-order valence-corrected chi connectivity index (χ0v) is 11.3. The Bertz CT molecular complexity index is 106. The average Bonchev–Trinajstić information content (AvgIpc) is 2.21. The molecule has 14 heavy (non-hydrogen) atoms. The van der Waals surface area contributed by atoms with E-state index in [1.54, 1.807) is 0 Å². The van der Waals surface area contributed by atoms with Crippen LogP contribution in [-0.4, -0.2) is 28.4 Å². The van der Waals surface area contributed by atoms with E-state index in [4.69, 9.17) is 20.5 Å². The van der Waals surface area contributed by atoms with E-state index in [9.17, 15) is 0 Å². The fraction of sp³-hybridized carbons (Fsp3) is 1.00. The number of hydrogen-bond donors (Lipinski definition) is 0. The molecule has 0 heterocycles. The van der Waals surface area contributed by atoms with Gasteiger partial charge in [0.1, 0.15) is 0 Å². The van der Waals surface area contributed by atoms with Gasteiger partial charge in [-0.3, -0.25) is 0 Å². The van der Waals surface area contributed by atoms with E-state index >= 15 is 0 Å². The SMILES string of the molecule is CCCO[SiH](CCCCCl)OCCC. The molecular weight excluding hydrogens is 216 g/mol. The molecule has 4 heteroatoms. The fourth-order valence-corrected chi connectivity index (χ4v) is 3.36. The molecule has 0 rings (SSSR count). The van der Waals surface area contributed by atoms with Crippen molar-refractivity contribution in [3.8, 4) is 0 Å². The molecule has 0 saturated heterocycles. The van der Waals surface area contributed by atoms with Gasteiger partial charge in [0.25, 0.3) is 0 Å². The second-order valence-electron chi connectivity index (χ2n) is 3.36. The third kappa shape index (κ3) is 9.00. The smallest absolute Gasteiger partial charge is 0.321 e. The van der Waals surface area contributed by atoms with Crippen molar-refractivity contribution in [2.45, 2.75) is 45.6 Å². The number of alkyl halides is 1. The van der Waals surface area contributed by atoms with Crippen LogP contribution in [0.2, 0.25) is 6.04 Å². The third-order valence-corrected chi connectivity index (χ3v) is 4.20. The normalized spacial score (nSPS) is 11.1. The van der Waals surface area contributed by atoms with Crippen LogP contribution in [0.25, 0.3) is 0 Å². The quantitative estimate of drug-likeness (QED) is 0.331. The highest BCUT2D eigenvalue weighted by Crippen LogP contribution is 2.06. The molecule has 86 valence electrons. The van der Waals surface area contributed by atoms with Gasteiger partial charge in [-0.05, 0) is 25.3 Å². The van der Waals surface area contributed by atoms with Gasteiger partial charge in [0, 0.05) is 19.1 Å². The first kappa shape index (κ1) is 14.4. The highest BCUT2D eigenvalue weighted by Gasteiger charge is 2.11. The minimum absolute atomic E-state index is 0.753. The summed E-state index contributed by atoms with van der Waals surface area (Å²) in [6.45, 7) is 5.96. The Balaban J connectivity index is 3.49. The van der Waals surface area contributed by atoms with Crippen molar-refractivity contribution in [1.29, 1.82) is 0 Å². The highest BCUT2D eigenvalue weighted by molar-refractivity contribution is 6.44. The zero-order chi connectivity index (χ0) is 10.6. The maximum Gasteiger partial charge on any atom is 0.321 e. The van der Waals surface area contributed by atoms with Gasteiger partial charge in [-0.1, -0.05) is 20.3 Å². The molecule has 0 aliphatic carbocycles. The van der Waals surface area contributed by atoms with E-state index in [2.05, 4.69) is 13.8 Å². The van der Waals surface area contributed by atoms with E-state index in [-0.39, 0.29) is 0 Å². The minimum Gasteiger partial charge on any atom is -0.397 e. The van der Waals surface area contributed by atoms with Crippen molar-refractivity contribution < 1.29 is 8.85 Å². The molecular formula is C10H23ClO2Si. The summed E-state index contributed by atoms with van der Waals surface area (Å²) in [5.41, 5.74) is 0. The molecule has 0 spiro atoms. The summed E-state index contributed by atoms with van der Waals surface area (Å²) >= 11 is 5.63. The standard InChI is InChI=1S/C10H23ClO2Si/c1-3-8-12-14(13-9-4-2)10-6-5-7-11/h14H,3-10H2,1-2H3. The first-order chi connectivity index (χ1) is 6.85. The van der Waals surface area contributed by atoms with Crippen molar-refractivity contribution in [3.05, 3.63) is 0 Å². The Hall–Kier alpha value is 0.427. The molecule has 0 aliphatic rings. The summed E-state index contributed by atoms with van der Waals surface area (Å²) in [6, 6.07) is 1.10. The number of rotatable bonds is 10. The molecule has 0 amide bonds. The summed E-state index contributed by atoms with van der Waals surface area (Å²) in [4.78, 5) is 0. The molecule has 0 aromatic carbocycles. The van der Waals surface area contributed by atoms with Crippen LogP contribution in [0, 0.1) is 0 Å². The summed E-state index contributed by atoms with van der Waals surface area (Å²) < 4.78 is 11.4. The lowest BCUT2D eigenvalue weighted by molar-refractivity contribution is 0.196. The Morgan fingerprint density at radius 3 is 2.00 bits per heavy atom. The Kier molecular flexibility index (Phi) is 11.9. The summed E-state index contributed by atoms with van der Waals surface area (Å²) in [5, 5.41) is 0. The summed E-state index contributed by atoms with van der Waals surface area (Å²) in [7, 11) is -1.36. The van der Waals surface area contributed by atoms with Crippen LogP contribution in [0.3, 0.4) is 0 Å². The average molecular weight is 239 g/mol. The van der Waals surface area contributed by atoms with Crippen LogP contribution in [-0.2, 0) is 8.85 Å². The second kappa shape index (κ2) is 11.5. The topological polar surface area (TPSA) is 18.5 Å².